The van der Waals surface area contributed by atoms with E-state index in [0.29, 0.717) is 23.0 Å². The molecule has 1 saturated carbocycles. The van der Waals surface area contributed by atoms with Gasteiger partial charge in [0.2, 0.25) is 10.0 Å². The highest BCUT2D eigenvalue weighted by Gasteiger charge is 2.28. The zero-order chi connectivity index (χ0) is 13.2. The molecule has 0 aromatic heterocycles. The Labute approximate surface area is 109 Å². The van der Waals surface area contributed by atoms with Crippen molar-refractivity contribution in [2.75, 3.05) is 26.0 Å². The van der Waals surface area contributed by atoms with Gasteiger partial charge in [0, 0.05) is 20.6 Å². The van der Waals surface area contributed by atoms with E-state index >= 15 is 0 Å². The second-order valence-corrected chi connectivity index (χ2v) is 6.84. The van der Waals surface area contributed by atoms with Crippen molar-refractivity contribution in [3.05, 3.63) is 24.3 Å². The minimum absolute atomic E-state index is 0.356. The fourth-order valence-electron chi connectivity index (χ4n) is 2.20. The Morgan fingerprint density at radius 3 is 2.56 bits per heavy atom. The third kappa shape index (κ3) is 2.52. The number of anilines is 1. The highest BCUT2D eigenvalue weighted by atomic mass is 32.2. The third-order valence-electron chi connectivity index (χ3n) is 3.58. The lowest BCUT2D eigenvalue weighted by atomic mass is 9.86. The molecular formula is C13H20N2O2S. The summed E-state index contributed by atoms with van der Waals surface area (Å²) in [6.07, 6.45) is 3.52. The van der Waals surface area contributed by atoms with Gasteiger partial charge in [-0.2, -0.15) is 0 Å². The second kappa shape index (κ2) is 5.28. The molecular weight excluding hydrogens is 248 g/mol. The fraction of sp³-hybridized carbons (Fsp3) is 0.538. The van der Waals surface area contributed by atoms with Crippen LogP contribution in [0.2, 0.25) is 0 Å². The van der Waals surface area contributed by atoms with Gasteiger partial charge in [0.1, 0.15) is 4.90 Å². The zero-order valence-corrected chi connectivity index (χ0v) is 11.7. The number of benzene rings is 1. The normalized spacial score (nSPS) is 16.6. The van der Waals surface area contributed by atoms with Crippen LogP contribution in [0.1, 0.15) is 19.3 Å². The summed E-state index contributed by atoms with van der Waals surface area (Å²) in [6, 6.07) is 7.02. The maximum atomic E-state index is 12.5. The minimum Gasteiger partial charge on any atom is -0.387 e. The van der Waals surface area contributed by atoms with Crippen LogP contribution in [0.15, 0.2) is 29.2 Å². The Hall–Kier alpha value is -1.07. The van der Waals surface area contributed by atoms with Gasteiger partial charge in [0.25, 0.3) is 0 Å². The van der Waals surface area contributed by atoms with Crippen molar-refractivity contribution < 1.29 is 8.42 Å². The van der Waals surface area contributed by atoms with Crippen molar-refractivity contribution in [3.63, 3.8) is 0 Å². The average molecular weight is 268 g/mol. The Morgan fingerprint density at radius 2 is 2.00 bits per heavy atom. The van der Waals surface area contributed by atoms with E-state index in [-0.39, 0.29) is 0 Å². The van der Waals surface area contributed by atoms with Crippen LogP contribution in [0, 0.1) is 5.92 Å². The van der Waals surface area contributed by atoms with E-state index in [1.54, 1.807) is 32.3 Å². The summed E-state index contributed by atoms with van der Waals surface area (Å²) in [7, 11) is 0.0210. The van der Waals surface area contributed by atoms with Crippen LogP contribution in [0.5, 0.6) is 0 Å². The van der Waals surface area contributed by atoms with E-state index in [4.69, 9.17) is 0 Å². The van der Waals surface area contributed by atoms with Gasteiger partial charge < -0.3 is 5.32 Å². The molecule has 0 atom stereocenters. The quantitative estimate of drug-likeness (QED) is 0.890. The molecule has 1 aromatic carbocycles. The Balaban J connectivity index is 2.23. The number of hydrogen-bond acceptors (Lipinski definition) is 3. The number of sulfonamides is 1. The first-order valence-corrected chi connectivity index (χ1v) is 7.73. The largest absolute Gasteiger partial charge is 0.387 e. The van der Waals surface area contributed by atoms with Crippen LogP contribution < -0.4 is 5.32 Å². The van der Waals surface area contributed by atoms with Crippen molar-refractivity contribution >= 4 is 15.7 Å². The molecule has 2 rings (SSSR count). The topological polar surface area (TPSA) is 49.4 Å². The molecule has 5 heteroatoms. The van der Waals surface area contributed by atoms with Gasteiger partial charge in [0.05, 0.1) is 5.69 Å². The van der Waals surface area contributed by atoms with E-state index in [1.165, 1.54) is 10.7 Å². The number of para-hydroxylation sites is 1. The molecule has 1 fully saturated rings. The summed E-state index contributed by atoms with van der Waals surface area (Å²) < 4.78 is 26.4. The molecule has 0 heterocycles. The SMILES string of the molecule is CNc1ccccc1S(=O)(=O)N(C)CC1CCC1. The van der Waals surface area contributed by atoms with Crippen LogP contribution >= 0.6 is 0 Å². The Kier molecular flexibility index (Phi) is 3.92. The lowest BCUT2D eigenvalue weighted by molar-refractivity contribution is 0.263. The van der Waals surface area contributed by atoms with Gasteiger partial charge in [-0.15, -0.1) is 0 Å². The maximum absolute atomic E-state index is 12.5. The smallest absolute Gasteiger partial charge is 0.244 e. The molecule has 18 heavy (non-hydrogen) atoms. The molecule has 1 aliphatic rings. The standard InChI is InChI=1S/C13H20N2O2S/c1-14-12-8-3-4-9-13(12)18(16,17)15(2)10-11-6-5-7-11/h3-4,8-9,11,14H,5-7,10H2,1-2H3. The average Bonchev–Trinajstić information content (AvgIpc) is 2.33. The van der Waals surface area contributed by atoms with Gasteiger partial charge >= 0.3 is 0 Å². The first kappa shape index (κ1) is 13.4. The van der Waals surface area contributed by atoms with Crippen LogP contribution in [0.25, 0.3) is 0 Å². The summed E-state index contributed by atoms with van der Waals surface area (Å²) in [4.78, 5) is 0.356. The highest BCUT2D eigenvalue weighted by Crippen LogP contribution is 2.30. The van der Waals surface area contributed by atoms with Crippen molar-refractivity contribution in [2.45, 2.75) is 24.2 Å². The molecule has 0 amide bonds. The summed E-state index contributed by atoms with van der Waals surface area (Å²) in [5, 5.41) is 2.93. The minimum atomic E-state index is -3.38. The van der Waals surface area contributed by atoms with Crippen LogP contribution in [0.3, 0.4) is 0 Å². The summed E-state index contributed by atoms with van der Waals surface area (Å²) in [5.41, 5.74) is 0.651. The summed E-state index contributed by atoms with van der Waals surface area (Å²) in [5.74, 6) is 0.534. The highest BCUT2D eigenvalue weighted by molar-refractivity contribution is 7.89. The molecule has 100 valence electrons. The van der Waals surface area contributed by atoms with Gasteiger partial charge in [-0.1, -0.05) is 18.6 Å². The van der Waals surface area contributed by atoms with E-state index < -0.39 is 10.0 Å². The third-order valence-corrected chi connectivity index (χ3v) is 5.47. The van der Waals surface area contributed by atoms with Crippen molar-refractivity contribution in [1.82, 2.24) is 4.31 Å². The summed E-state index contributed by atoms with van der Waals surface area (Å²) >= 11 is 0. The number of hydrogen-bond donors (Lipinski definition) is 1. The first-order valence-electron chi connectivity index (χ1n) is 6.29. The lowest BCUT2D eigenvalue weighted by Crippen LogP contribution is -2.34. The van der Waals surface area contributed by atoms with Gasteiger partial charge in [-0.25, -0.2) is 12.7 Å². The van der Waals surface area contributed by atoms with Crippen molar-refractivity contribution in [2.24, 2.45) is 5.92 Å². The molecule has 4 nitrogen and oxygen atoms in total. The van der Waals surface area contributed by atoms with Gasteiger partial charge in [0.15, 0.2) is 0 Å². The monoisotopic (exact) mass is 268 g/mol. The Bertz CT molecular complexity index is 509. The fourth-order valence-corrected chi connectivity index (χ4v) is 3.64. The number of nitrogens with zero attached hydrogens (tertiary/aromatic N) is 1. The van der Waals surface area contributed by atoms with Crippen LogP contribution in [0.4, 0.5) is 5.69 Å². The first-order chi connectivity index (χ1) is 8.55. The molecule has 0 spiro atoms. The predicted octanol–water partition coefficient (Wildman–Crippen LogP) is 2.15. The second-order valence-electron chi connectivity index (χ2n) is 4.83. The van der Waals surface area contributed by atoms with Crippen LogP contribution in [-0.4, -0.2) is 33.4 Å². The van der Waals surface area contributed by atoms with Crippen molar-refractivity contribution in [3.8, 4) is 0 Å². The molecule has 0 aliphatic heterocycles. The van der Waals surface area contributed by atoms with E-state index in [9.17, 15) is 8.42 Å². The molecule has 0 unspecified atom stereocenters. The van der Waals surface area contributed by atoms with Gasteiger partial charge in [-0.3, -0.25) is 0 Å². The molecule has 0 bridgehead atoms. The van der Waals surface area contributed by atoms with E-state index in [1.807, 2.05) is 6.07 Å². The maximum Gasteiger partial charge on any atom is 0.244 e. The predicted molar refractivity (Wildman–Crippen MR) is 73.1 cm³/mol. The Morgan fingerprint density at radius 1 is 1.33 bits per heavy atom. The lowest BCUT2D eigenvalue weighted by Gasteiger charge is -2.30. The zero-order valence-electron chi connectivity index (χ0n) is 10.9. The number of rotatable bonds is 5. The molecule has 0 radical (unpaired) electrons. The summed E-state index contributed by atoms with van der Waals surface area (Å²) in [6.45, 7) is 0.625. The van der Waals surface area contributed by atoms with Crippen molar-refractivity contribution in [1.29, 1.82) is 0 Å². The number of nitrogens with one attached hydrogen (secondary N) is 1. The van der Waals surface area contributed by atoms with Gasteiger partial charge in [-0.05, 0) is 30.9 Å². The van der Waals surface area contributed by atoms with E-state index in [0.717, 1.165) is 12.8 Å². The molecule has 0 saturated heterocycles. The molecule has 1 N–H and O–H groups in total. The van der Waals surface area contributed by atoms with E-state index in [2.05, 4.69) is 5.32 Å². The molecule has 1 aromatic rings. The van der Waals surface area contributed by atoms with Crippen LogP contribution in [-0.2, 0) is 10.0 Å². The molecule has 1 aliphatic carbocycles.